The first kappa shape index (κ1) is 22.3. The summed E-state index contributed by atoms with van der Waals surface area (Å²) in [4.78, 5) is 0. The Kier molecular flexibility index (Phi) is 6.20. The molecule has 0 fully saturated rings. The zero-order valence-electron chi connectivity index (χ0n) is 20.1. The van der Waals surface area contributed by atoms with Gasteiger partial charge in [0, 0.05) is 11.1 Å². The molecule has 32 heavy (non-hydrogen) atoms. The van der Waals surface area contributed by atoms with Gasteiger partial charge in [0.25, 0.3) is 0 Å². The Hall–Kier alpha value is -2.92. The first-order chi connectivity index (χ1) is 15.3. The second kappa shape index (κ2) is 8.91. The molecule has 2 heterocycles. The predicted molar refractivity (Wildman–Crippen MR) is 131 cm³/mol. The van der Waals surface area contributed by atoms with E-state index in [2.05, 4.69) is 104 Å². The zero-order valence-corrected chi connectivity index (χ0v) is 20.9. The van der Waals surface area contributed by atoms with E-state index in [0.717, 1.165) is 28.7 Å². The molecule has 0 bridgehead atoms. The molecule has 0 aliphatic carbocycles. The monoisotopic (exact) mass is 447 g/mol. The molecule has 0 saturated carbocycles. The number of hydrogen-bond acceptors (Lipinski definition) is 2. The molecule has 0 amide bonds. The van der Waals surface area contributed by atoms with Crippen molar-refractivity contribution >= 4 is 11.3 Å². The average Bonchev–Trinajstić information content (AvgIpc) is 3.31. The molecule has 0 N–H and O–H groups in total. The van der Waals surface area contributed by atoms with Gasteiger partial charge in [-0.25, -0.2) is 0 Å². The molecule has 0 saturated heterocycles. The van der Waals surface area contributed by atoms with Gasteiger partial charge in [0.15, 0.2) is 6.20 Å². The largest absolute Gasteiger partial charge is 0.420 e. The molecule has 5 heteroatoms. The molecule has 0 unspecified atom stereocenters. The topological polar surface area (TPSA) is 21.9 Å². The van der Waals surface area contributed by atoms with Gasteiger partial charge < -0.3 is 4.74 Å². The van der Waals surface area contributed by atoms with Gasteiger partial charge >= 0.3 is 17.4 Å². The third-order valence-electron chi connectivity index (χ3n) is 6.02. The minimum absolute atomic E-state index is 0.404. The Morgan fingerprint density at radius 3 is 2.12 bits per heavy atom. The maximum Gasteiger partial charge on any atom is 0.363 e. The summed E-state index contributed by atoms with van der Waals surface area (Å²) in [7, 11) is 4.19. The summed E-state index contributed by atoms with van der Waals surface area (Å²) in [6, 6.07) is 14.9. The van der Waals surface area contributed by atoms with Crippen LogP contribution in [0.25, 0.3) is 17.2 Å². The normalized spacial score (nSPS) is 11.5. The van der Waals surface area contributed by atoms with E-state index in [-0.39, 0.29) is 0 Å². The second-order valence-electron chi connectivity index (χ2n) is 9.04. The van der Waals surface area contributed by atoms with Crippen molar-refractivity contribution in [2.45, 2.75) is 46.5 Å². The molecule has 0 atom stereocenters. The van der Waals surface area contributed by atoms with Crippen LogP contribution in [0, 0.1) is 6.92 Å². The van der Waals surface area contributed by atoms with Gasteiger partial charge in [-0.2, -0.15) is 13.7 Å². The van der Waals surface area contributed by atoms with Crippen LogP contribution in [0.1, 0.15) is 56.2 Å². The van der Waals surface area contributed by atoms with Gasteiger partial charge in [-0.15, -0.1) is 0 Å². The second-order valence-corrected chi connectivity index (χ2v) is 9.76. The number of benzene rings is 2. The van der Waals surface area contributed by atoms with E-state index >= 15 is 0 Å². The fourth-order valence-corrected chi connectivity index (χ4v) is 4.95. The summed E-state index contributed by atoms with van der Waals surface area (Å²) in [5, 5.41) is 2.20. The van der Waals surface area contributed by atoms with Crippen LogP contribution in [-0.2, 0) is 14.1 Å². The molecule has 2 aromatic carbocycles. The highest BCUT2D eigenvalue weighted by molar-refractivity contribution is 7.07. The molecule has 0 radical (unpaired) electrons. The van der Waals surface area contributed by atoms with Crippen molar-refractivity contribution in [2.75, 3.05) is 0 Å². The molecule has 0 aliphatic heterocycles. The van der Waals surface area contributed by atoms with Gasteiger partial charge in [0.2, 0.25) is 5.51 Å². The van der Waals surface area contributed by atoms with Gasteiger partial charge in [-0.05, 0) is 30.4 Å². The lowest BCUT2D eigenvalue weighted by Gasteiger charge is -2.17. The molecule has 4 rings (SSSR count). The van der Waals surface area contributed by atoms with E-state index in [0.29, 0.717) is 11.8 Å². The van der Waals surface area contributed by atoms with Crippen LogP contribution in [0.5, 0.6) is 11.6 Å². The lowest BCUT2D eigenvalue weighted by molar-refractivity contribution is -0.689. The molecule has 2 aromatic heterocycles. The SMILES string of the molecule is Cc1ccccc1Oc1cn(-c2c(C(C)C)cccc2C(C)C)c(-c2csc[n+]2C)[n+]1C. The maximum absolute atomic E-state index is 6.46. The quantitative estimate of drug-likeness (QED) is 0.322. The van der Waals surface area contributed by atoms with E-state index in [9.17, 15) is 0 Å². The van der Waals surface area contributed by atoms with Crippen LogP contribution in [0.4, 0.5) is 0 Å². The third-order valence-corrected chi connectivity index (χ3v) is 6.81. The summed E-state index contributed by atoms with van der Waals surface area (Å²) in [5.74, 6) is 3.60. The molecule has 4 nitrogen and oxygen atoms in total. The Morgan fingerprint density at radius 2 is 1.56 bits per heavy atom. The number of nitrogens with zero attached hydrogens (tertiary/aromatic N) is 3. The van der Waals surface area contributed by atoms with Crippen LogP contribution in [0.2, 0.25) is 0 Å². The van der Waals surface area contributed by atoms with Crippen molar-refractivity contribution in [1.29, 1.82) is 0 Å². The van der Waals surface area contributed by atoms with Crippen molar-refractivity contribution in [3.63, 3.8) is 0 Å². The van der Waals surface area contributed by atoms with Gasteiger partial charge in [0.1, 0.15) is 18.5 Å². The molecule has 0 spiro atoms. The van der Waals surface area contributed by atoms with Crippen LogP contribution in [0.15, 0.2) is 59.6 Å². The lowest BCUT2D eigenvalue weighted by Crippen LogP contribution is -2.37. The number of hydrogen-bond donors (Lipinski definition) is 0. The standard InChI is InChI=1S/C27H33N3OS/c1-18(2)21-12-10-13-22(19(3)4)26(21)30-15-25(31-24-14-9-8-11-20(24)5)29(7)27(30)23-16-32-17-28(23)6/h8-19H,1-7H3/q+2. The smallest absolute Gasteiger partial charge is 0.363 e. The molecule has 166 valence electrons. The Labute approximate surface area is 195 Å². The summed E-state index contributed by atoms with van der Waals surface area (Å²) in [5.41, 5.74) is 8.35. The van der Waals surface area contributed by atoms with Crippen molar-refractivity contribution in [3.05, 3.63) is 76.2 Å². The molecule has 4 aromatic rings. The zero-order chi connectivity index (χ0) is 23.0. The van der Waals surface area contributed by atoms with Gasteiger partial charge in [0.05, 0.1) is 12.4 Å². The van der Waals surface area contributed by atoms with Crippen LogP contribution in [0.3, 0.4) is 0 Å². The summed E-state index contributed by atoms with van der Waals surface area (Å²) < 4.78 is 13.1. The Morgan fingerprint density at radius 1 is 0.906 bits per heavy atom. The molecule has 0 aliphatic rings. The highest BCUT2D eigenvalue weighted by Gasteiger charge is 2.34. The number of aromatic nitrogens is 3. The third kappa shape index (κ3) is 3.97. The fourth-order valence-electron chi connectivity index (χ4n) is 4.19. The highest BCUT2D eigenvalue weighted by atomic mass is 32.1. The Balaban J connectivity index is 2.01. The van der Waals surface area contributed by atoms with Crippen molar-refractivity contribution in [1.82, 2.24) is 4.57 Å². The van der Waals surface area contributed by atoms with Crippen LogP contribution in [-0.4, -0.2) is 4.57 Å². The van der Waals surface area contributed by atoms with Gasteiger partial charge in [-0.3, -0.25) is 0 Å². The number of para-hydroxylation sites is 2. The summed E-state index contributed by atoms with van der Waals surface area (Å²) in [6.45, 7) is 11.1. The first-order valence-corrected chi connectivity index (χ1v) is 12.1. The summed E-state index contributed by atoms with van der Waals surface area (Å²) >= 11 is 1.71. The van der Waals surface area contributed by atoms with E-state index in [1.807, 2.05) is 18.2 Å². The maximum atomic E-state index is 6.46. The number of imidazole rings is 1. The summed E-state index contributed by atoms with van der Waals surface area (Å²) in [6.07, 6.45) is 2.15. The molecular weight excluding hydrogens is 414 g/mol. The van der Waals surface area contributed by atoms with E-state index < -0.39 is 0 Å². The van der Waals surface area contributed by atoms with E-state index in [1.54, 1.807) is 11.3 Å². The molecular formula is C27H33N3OS+2. The number of rotatable bonds is 6. The van der Waals surface area contributed by atoms with Crippen molar-refractivity contribution in [3.8, 4) is 28.8 Å². The highest BCUT2D eigenvalue weighted by Crippen LogP contribution is 2.35. The van der Waals surface area contributed by atoms with Crippen LogP contribution < -0.4 is 13.9 Å². The van der Waals surface area contributed by atoms with E-state index in [4.69, 9.17) is 4.74 Å². The fraction of sp³-hybridized carbons (Fsp3) is 0.333. The number of aryl methyl sites for hydroxylation is 2. The minimum Gasteiger partial charge on any atom is -0.420 e. The Bertz CT molecular complexity index is 1220. The van der Waals surface area contributed by atoms with Crippen molar-refractivity contribution in [2.24, 2.45) is 14.1 Å². The minimum atomic E-state index is 0.404. The first-order valence-electron chi connectivity index (χ1n) is 11.2. The van der Waals surface area contributed by atoms with Gasteiger partial charge in [-0.1, -0.05) is 75.4 Å². The van der Waals surface area contributed by atoms with Crippen LogP contribution >= 0.6 is 11.3 Å². The van der Waals surface area contributed by atoms with E-state index in [1.165, 1.54) is 16.8 Å². The average molecular weight is 448 g/mol. The van der Waals surface area contributed by atoms with Crippen molar-refractivity contribution < 1.29 is 13.9 Å². The number of thiazole rings is 1. The lowest BCUT2D eigenvalue weighted by atomic mass is 9.92. The number of ether oxygens (including phenoxy) is 1. The predicted octanol–water partition coefficient (Wildman–Crippen LogP) is 6.20.